The number of sulfone groups is 1. The van der Waals surface area contributed by atoms with Crippen LogP contribution in [0.15, 0.2) is 42.7 Å². The van der Waals surface area contributed by atoms with E-state index in [1.165, 1.54) is 24.5 Å². The molecule has 0 saturated carbocycles. The van der Waals surface area contributed by atoms with Gasteiger partial charge in [-0.1, -0.05) is 6.07 Å². The van der Waals surface area contributed by atoms with E-state index in [0.717, 1.165) is 0 Å². The fourth-order valence-corrected chi connectivity index (χ4v) is 4.22. The van der Waals surface area contributed by atoms with Crippen LogP contribution in [0.5, 0.6) is 0 Å². The average Bonchev–Trinajstić information content (AvgIpc) is 2.86. The number of hydrogen-bond donors (Lipinski definition) is 2. The Kier molecular flexibility index (Phi) is 4.48. The molecule has 1 fully saturated rings. The molecule has 6 nitrogen and oxygen atoms in total. The molecule has 8 heteroatoms. The number of halogens is 1. The van der Waals surface area contributed by atoms with Crippen molar-refractivity contribution < 1.29 is 17.6 Å². The number of hydrogen-bond acceptors (Lipinski definition) is 5. The second-order valence-corrected chi connectivity index (χ2v) is 7.90. The molecule has 0 aliphatic carbocycles. The molecule has 1 aliphatic heterocycles. The van der Waals surface area contributed by atoms with Crippen LogP contribution in [0.3, 0.4) is 0 Å². The number of anilines is 2. The third-order valence-corrected chi connectivity index (χ3v) is 5.45. The summed E-state index contributed by atoms with van der Waals surface area (Å²) in [5.74, 6) is -0.693. The summed E-state index contributed by atoms with van der Waals surface area (Å²) in [4.78, 5) is 16.2. The number of rotatable bonds is 4. The zero-order chi connectivity index (χ0) is 17.2. The highest BCUT2D eigenvalue weighted by Crippen LogP contribution is 2.18. The lowest BCUT2D eigenvalue weighted by Gasteiger charge is -2.12. The number of amides is 1. The van der Waals surface area contributed by atoms with Gasteiger partial charge in [0.2, 0.25) is 0 Å². The van der Waals surface area contributed by atoms with E-state index in [0.29, 0.717) is 23.4 Å². The Balaban J connectivity index is 1.69. The molecule has 1 aromatic heterocycles. The van der Waals surface area contributed by atoms with Gasteiger partial charge >= 0.3 is 0 Å². The van der Waals surface area contributed by atoms with Crippen LogP contribution >= 0.6 is 0 Å². The van der Waals surface area contributed by atoms with Gasteiger partial charge in [-0.2, -0.15) is 0 Å². The van der Waals surface area contributed by atoms with Crippen molar-refractivity contribution in [1.82, 2.24) is 10.3 Å². The summed E-state index contributed by atoms with van der Waals surface area (Å²) in [5.41, 5.74) is 1.38. The number of nitrogens with zero attached hydrogens (tertiary/aromatic N) is 1. The number of carbonyl (C=O) groups excluding carboxylic acids is 1. The lowest BCUT2D eigenvalue weighted by molar-refractivity contribution is 0.0941. The van der Waals surface area contributed by atoms with E-state index in [1.807, 2.05) is 0 Å². The minimum Gasteiger partial charge on any atom is -0.354 e. The van der Waals surface area contributed by atoms with Gasteiger partial charge in [0.25, 0.3) is 5.91 Å². The molecule has 2 N–H and O–H groups in total. The first-order valence-electron chi connectivity index (χ1n) is 7.40. The smallest absolute Gasteiger partial charge is 0.253 e. The Morgan fingerprint density at radius 1 is 1.21 bits per heavy atom. The van der Waals surface area contributed by atoms with E-state index in [9.17, 15) is 17.6 Å². The molecule has 3 rings (SSSR count). The highest BCUT2D eigenvalue weighted by molar-refractivity contribution is 7.91. The lowest BCUT2D eigenvalue weighted by Crippen LogP contribution is -2.35. The van der Waals surface area contributed by atoms with Crippen LogP contribution in [0.2, 0.25) is 0 Å². The highest BCUT2D eigenvalue weighted by atomic mass is 32.2. The second kappa shape index (κ2) is 6.56. The van der Waals surface area contributed by atoms with Gasteiger partial charge in [0.1, 0.15) is 5.82 Å². The van der Waals surface area contributed by atoms with E-state index in [-0.39, 0.29) is 29.3 Å². The molecule has 24 heavy (non-hydrogen) atoms. The third-order valence-electron chi connectivity index (χ3n) is 3.68. The Hall–Kier alpha value is -2.48. The molecule has 1 atom stereocenters. The van der Waals surface area contributed by atoms with Crippen molar-refractivity contribution >= 4 is 27.1 Å². The van der Waals surface area contributed by atoms with Gasteiger partial charge in [0.15, 0.2) is 9.84 Å². The van der Waals surface area contributed by atoms with Crippen LogP contribution in [-0.2, 0) is 9.84 Å². The third kappa shape index (κ3) is 4.08. The summed E-state index contributed by atoms with van der Waals surface area (Å²) >= 11 is 0. The number of carbonyl (C=O) groups is 1. The summed E-state index contributed by atoms with van der Waals surface area (Å²) in [6.07, 6.45) is 3.33. The maximum Gasteiger partial charge on any atom is 0.253 e. The summed E-state index contributed by atoms with van der Waals surface area (Å²) in [7, 11) is -3.05. The second-order valence-electron chi connectivity index (χ2n) is 5.67. The van der Waals surface area contributed by atoms with Crippen LogP contribution in [-0.4, -0.2) is 36.9 Å². The Morgan fingerprint density at radius 2 is 2.04 bits per heavy atom. The minimum atomic E-state index is -3.05. The first kappa shape index (κ1) is 16.4. The Bertz CT molecular complexity index is 870. The molecule has 2 heterocycles. The number of pyridine rings is 1. The molecular weight excluding hydrogens is 333 g/mol. The quantitative estimate of drug-likeness (QED) is 0.880. The maximum absolute atomic E-state index is 13.2. The standard InChI is InChI=1S/C16H16FN3O3S/c17-12-2-1-3-13(7-12)19-15-6-11(8-18-9-15)16(21)20-14-4-5-24(22,23)10-14/h1-3,6-9,14,19H,4-5,10H2,(H,20,21). The van der Waals surface area contributed by atoms with Crippen molar-refractivity contribution in [1.29, 1.82) is 0 Å². The fourth-order valence-electron chi connectivity index (χ4n) is 2.54. The first-order valence-corrected chi connectivity index (χ1v) is 9.22. The predicted molar refractivity (Wildman–Crippen MR) is 88.4 cm³/mol. The van der Waals surface area contributed by atoms with Crippen molar-refractivity contribution in [2.75, 3.05) is 16.8 Å². The van der Waals surface area contributed by atoms with Crippen LogP contribution < -0.4 is 10.6 Å². The lowest BCUT2D eigenvalue weighted by atomic mass is 10.2. The number of aromatic nitrogens is 1. The van der Waals surface area contributed by atoms with Crippen LogP contribution in [0.4, 0.5) is 15.8 Å². The van der Waals surface area contributed by atoms with Gasteiger partial charge in [0, 0.05) is 17.9 Å². The van der Waals surface area contributed by atoms with E-state index in [4.69, 9.17) is 0 Å². The van der Waals surface area contributed by atoms with Crippen molar-refractivity contribution in [2.45, 2.75) is 12.5 Å². The molecule has 1 amide bonds. The van der Waals surface area contributed by atoms with Crippen molar-refractivity contribution in [3.63, 3.8) is 0 Å². The molecular formula is C16H16FN3O3S. The van der Waals surface area contributed by atoms with Crippen molar-refractivity contribution in [3.05, 3.63) is 54.1 Å². The number of nitrogens with one attached hydrogen (secondary N) is 2. The summed E-state index contributed by atoms with van der Waals surface area (Å²) in [5, 5.41) is 5.67. The zero-order valence-corrected chi connectivity index (χ0v) is 13.5. The Labute approximate surface area is 139 Å². The topological polar surface area (TPSA) is 88.2 Å². The first-order chi connectivity index (χ1) is 11.4. The minimum absolute atomic E-state index is 0.0343. The maximum atomic E-state index is 13.2. The van der Waals surface area contributed by atoms with E-state index in [1.54, 1.807) is 18.2 Å². The molecule has 1 aliphatic rings. The molecule has 1 aromatic carbocycles. The van der Waals surface area contributed by atoms with Gasteiger partial charge in [-0.3, -0.25) is 9.78 Å². The molecule has 1 saturated heterocycles. The predicted octanol–water partition coefficient (Wildman–Crippen LogP) is 1.88. The number of benzene rings is 1. The van der Waals surface area contributed by atoms with E-state index < -0.39 is 9.84 Å². The van der Waals surface area contributed by atoms with Crippen molar-refractivity contribution in [3.8, 4) is 0 Å². The summed E-state index contributed by atoms with van der Waals surface area (Å²) < 4.78 is 36.1. The van der Waals surface area contributed by atoms with E-state index >= 15 is 0 Å². The molecule has 1 unspecified atom stereocenters. The van der Waals surface area contributed by atoms with Crippen LogP contribution in [0, 0.1) is 5.82 Å². The fraction of sp³-hybridized carbons (Fsp3) is 0.250. The van der Waals surface area contributed by atoms with E-state index in [2.05, 4.69) is 15.6 Å². The largest absolute Gasteiger partial charge is 0.354 e. The average molecular weight is 349 g/mol. The van der Waals surface area contributed by atoms with Gasteiger partial charge in [-0.15, -0.1) is 0 Å². The van der Waals surface area contributed by atoms with Crippen LogP contribution in [0.1, 0.15) is 16.8 Å². The summed E-state index contributed by atoms with van der Waals surface area (Å²) in [6, 6.07) is 7.14. The van der Waals surface area contributed by atoms with Crippen molar-refractivity contribution in [2.24, 2.45) is 0 Å². The molecule has 0 radical (unpaired) electrons. The molecule has 126 valence electrons. The zero-order valence-electron chi connectivity index (χ0n) is 12.7. The van der Waals surface area contributed by atoms with Crippen LogP contribution in [0.25, 0.3) is 0 Å². The molecule has 2 aromatic rings. The molecule has 0 spiro atoms. The van der Waals surface area contributed by atoms with Gasteiger partial charge in [0.05, 0.1) is 29.0 Å². The van der Waals surface area contributed by atoms with Gasteiger partial charge in [-0.05, 0) is 30.7 Å². The van der Waals surface area contributed by atoms with Gasteiger partial charge < -0.3 is 10.6 Å². The Morgan fingerprint density at radius 3 is 2.75 bits per heavy atom. The normalized spacial score (nSPS) is 19.0. The SMILES string of the molecule is O=C(NC1CCS(=O)(=O)C1)c1cncc(Nc2cccc(F)c2)c1. The molecule has 0 bridgehead atoms. The van der Waals surface area contributed by atoms with Gasteiger partial charge in [-0.25, -0.2) is 12.8 Å². The summed E-state index contributed by atoms with van der Waals surface area (Å²) in [6.45, 7) is 0. The highest BCUT2D eigenvalue weighted by Gasteiger charge is 2.29. The monoisotopic (exact) mass is 349 g/mol.